The zero-order valence-electron chi connectivity index (χ0n) is 12.2. The maximum atomic E-state index is 11.0. The minimum atomic E-state index is -5.19. The van der Waals surface area contributed by atoms with Crippen molar-refractivity contribution in [3.8, 4) is 0 Å². The first-order chi connectivity index (χ1) is 11.2. The third kappa shape index (κ3) is 9.63. The van der Waals surface area contributed by atoms with E-state index in [0.29, 0.717) is 0 Å². The molecule has 1 heterocycles. The Balaban J connectivity index is 2.72. The Hall–Kier alpha value is 0.210. The van der Waals surface area contributed by atoms with Gasteiger partial charge in [-0.25, -0.2) is 13.7 Å². The van der Waals surface area contributed by atoms with E-state index < -0.39 is 67.9 Å². The summed E-state index contributed by atoms with van der Waals surface area (Å²) >= 11 is 0. The second-order valence-electron chi connectivity index (χ2n) is 4.58. The average molecular weight is 434 g/mol. The second kappa shape index (κ2) is 8.93. The molecule has 0 aromatic heterocycles. The van der Waals surface area contributed by atoms with E-state index in [2.05, 4.69) is 13.6 Å². The lowest BCUT2D eigenvalue weighted by Crippen LogP contribution is -2.55. The van der Waals surface area contributed by atoms with Crippen molar-refractivity contribution in [2.45, 2.75) is 24.6 Å². The molecule has 150 valence electrons. The molecule has 1 rings (SSSR count). The normalized spacial score (nSPS) is 28.9. The van der Waals surface area contributed by atoms with Crippen LogP contribution in [-0.4, -0.2) is 78.9 Å². The first-order valence-corrected chi connectivity index (χ1v) is 10.9. The van der Waals surface area contributed by atoms with Crippen molar-refractivity contribution >= 4 is 23.5 Å². The molecule has 1 aliphatic rings. The van der Waals surface area contributed by atoms with Gasteiger partial charge in [-0.1, -0.05) is 0 Å². The quantitative estimate of drug-likeness (QED) is 0.150. The van der Waals surface area contributed by atoms with Crippen molar-refractivity contribution in [3.63, 3.8) is 0 Å². The summed E-state index contributed by atoms with van der Waals surface area (Å²) < 4.78 is 54.7. The lowest BCUT2D eigenvalue weighted by molar-refractivity contribution is -0.265. The van der Waals surface area contributed by atoms with Gasteiger partial charge in [-0.2, -0.15) is 0 Å². The number of hydrogen-bond donors (Lipinski definition) is 7. The van der Waals surface area contributed by atoms with Crippen LogP contribution in [0.4, 0.5) is 0 Å². The molecule has 0 aliphatic carbocycles. The summed E-state index contributed by atoms with van der Waals surface area (Å²) in [6.07, 6.45) is -7.24. The van der Waals surface area contributed by atoms with Gasteiger partial charge in [0.25, 0.3) is 0 Å². The van der Waals surface area contributed by atoms with Gasteiger partial charge in [-0.05, 0) is 0 Å². The summed E-state index contributed by atoms with van der Waals surface area (Å²) in [6.45, 7) is -1.79. The monoisotopic (exact) mass is 434 g/mol. The van der Waals surface area contributed by atoms with E-state index in [9.17, 15) is 18.8 Å². The van der Waals surface area contributed by atoms with Gasteiger partial charge in [-0.15, -0.1) is 0 Å². The van der Waals surface area contributed by atoms with E-state index >= 15 is 0 Å². The zero-order valence-corrected chi connectivity index (χ0v) is 14.9. The molecule has 0 bridgehead atoms. The molecule has 1 saturated heterocycles. The van der Waals surface area contributed by atoms with E-state index in [0.717, 1.165) is 0 Å². The summed E-state index contributed by atoms with van der Waals surface area (Å²) in [7, 11) is -15.0. The average Bonchev–Trinajstić information content (AvgIpc) is 2.37. The van der Waals surface area contributed by atoms with Crippen molar-refractivity contribution in [3.05, 3.63) is 0 Å². The van der Waals surface area contributed by atoms with Crippen LogP contribution in [-0.2, 0) is 36.7 Å². The maximum Gasteiger partial charge on any atom is 0.470 e. The van der Waals surface area contributed by atoms with Crippen LogP contribution in [0, 0.1) is 0 Å². The van der Waals surface area contributed by atoms with Gasteiger partial charge in [0.2, 0.25) is 0 Å². The summed E-state index contributed by atoms with van der Waals surface area (Å²) in [6, 6.07) is 0. The highest BCUT2D eigenvalue weighted by atomic mass is 31.2. The van der Waals surface area contributed by atoms with Crippen LogP contribution in [0.15, 0.2) is 0 Å². The third-order valence-electron chi connectivity index (χ3n) is 2.56. The summed E-state index contributed by atoms with van der Waals surface area (Å²) in [4.78, 5) is 52.2. The lowest BCUT2D eigenvalue weighted by Gasteiger charge is -2.38. The predicted octanol–water partition coefficient (Wildman–Crippen LogP) is -2.21. The maximum absolute atomic E-state index is 11.0. The van der Waals surface area contributed by atoms with Gasteiger partial charge in [0.15, 0.2) is 6.29 Å². The minimum Gasteiger partial charge on any atom is -0.385 e. The van der Waals surface area contributed by atoms with E-state index in [-0.39, 0.29) is 0 Å². The molecular formula is C7H17O15P3. The highest BCUT2D eigenvalue weighted by Gasteiger charge is 2.47. The molecule has 25 heavy (non-hydrogen) atoms. The van der Waals surface area contributed by atoms with Crippen LogP contribution in [0.25, 0.3) is 0 Å². The molecule has 0 unspecified atom stereocenters. The van der Waals surface area contributed by atoms with Gasteiger partial charge < -0.3 is 43.9 Å². The number of aliphatic hydroxyl groups excluding tert-OH is 1. The number of hydrogen-bond acceptors (Lipinski definition) is 9. The SMILES string of the molecule is O=P(O)(O)OCCO[C@@H]1OC[C@@H](OP(=O)(O)O)[C@H](OP(=O)(O)O)[C@H]1O. The van der Waals surface area contributed by atoms with Crippen molar-refractivity contribution in [1.29, 1.82) is 0 Å². The number of phosphoric ester groups is 3. The number of rotatable bonds is 9. The summed E-state index contributed by atoms with van der Waals surface area (Å²) in [5.41, 5.74) is 0. The second-order valence-corrected chi connectivity index (χ2v) is 8.21. The third-order valence-corrected chi connectivity index (χ3v) is 4.15. The predicted molar refractivity (Wildman–Crippen MR) is 73.5 cm³/mol. The molecule has 0 aromatic carbocycles. The Morgan fingerprint density at radius 2 is 1.44 bits per heavy atom. The molecule has 1 fully saturated rings. The highest BCUT2D eigenvalue weighted by molar-refractivity contribution is 7.46. The fraction of sp³-hybridized carbons (Fsp3) is 1.00. The van der Waals surface area contributed by atoms with E-state index in [1.807, 2.05) is 0 Å². The number of phosphoric acid groups is 3. The zero-order chi connectivity index (χ0) is 19.5. The van der Waals surface area contributed by atoms with Gasteiger partial charge in [0.05, 0.1) is 19.8 Å². The van der Waals surface area contributed by atoms with Crippen LogP contribution in [0.5, 0.6) is 0 Å². The molecule has 0 radical (unpaired) electrons. The molecule has 0 aromatic rings. The highest BCUT2D eigenvalue weighted by Crippen LogP contribution is 2.45. The Morgan fingerprint density at radius 1 is 0.880 bits per heavy atom. The minimum absolute atomic E-state index is 0.501. The number of aliphatic hydroxyl groups is 1. The van der Waals surface area contributed by atoms with E-state index in [4.69, 9.17) is 38.8 Å². The van der Waals surface area contributed by atoms with Gasteiger partial charge in [0.1, 0.15) is 18.3 Å². The fourth-order valence-electron chi connectivity index (χ4n) is 1.78. The largest absolute Gasteiger partial charge is 0.470 e. The Bertz CT molecular complexity index is 559. The van der Waals surface area contributed by atoms with Crippen LogP contribution < -0.4 is 0 Å². The van der Waals surface area contributed by atoms with Gasteiger partial charge in [-0.3, -0.25) is 13.6 Å². The van der Waals surface area contributed by atoms with E-state index in [1.54, 1.807) is 0 Å². The standard InChI is InChI=1S/C7H17O15P3/c8-5-6(22-25(15,16)17)4(21-24(12,13)14)3-19-7(5)18-1-2-20-23(9,10)11/h4-8H,1-3H2,(H2,9,10,11)(H2,12,13,14)(H2,15,16,17)/t4-,5-,6+,7-/m1/s1. The fourth-order valence-corrected chi connectivity index (χ4v) is 3.20. The van der Waals surface area contributed by atoms with Crippen LogP contribution in [0.1, 0.15) is 0 Å². The Morgan fingerprint density at radius 3 is 1.92 bits per heavy atom. The van der Waals surface area contributed by atoms with Gasteiger partial charge in [0, 0.05) is 0 Å². The molecule has 18 heteroatoms. The van der Waals surface area contributed by atoms with Crippen LogP contribution in [0.3, 0.4) is 0 Å². The van der Waals surface area contributed by atoms with Crippen molar-refractivity contribution in [2.24, 2.45) is 0 Å². The first kappa shape index (κ1) is 23.2. The molecule has 0 spiro atoms. The molecular weight excluding hydrogens is 417 g/mol. The molecule has 1 aliphatic heterocycles. The van der Waals surface area contributed by atoms with Crippen molar-refractivity contribution in [1.82, 2.24) is 0 Å². The molecule has 0 amide bonds. The first-order valence-electron chi connectivity index (χ1n) is 6.27. The number of ether oxygens (including phenoxy) is 2. The Labute approximate surface area is 140 Å². The summed E-state index contributed by atoms with van der Waals surface area (Å²) in [5.74, 6) is 0. The van der Waals surface area contributed by atoms with Crippen LogP contribution in [0.2, 0.25) is 0 Å². The summed E-state index contributed by atoms with van der Waals surface area (Å²) in [5, 5.41) is 9.97. The molecule has 4 atom stereocenters. The van der Waals surface area contributed by atoms with Crippen molar-refractivity contribution < 1.29 is 71.2 Å². The lowest BCUT2D eigenvalue weighted by atomic mass is 10.1. The van der Waals surface area contributed by atoms with Crippen LogP contribution >= 0.6 is 23.5 Å². The molecule has 0 saturated carbocycles. The molecule has 15 nitrogen and oxygen atoms in total. The smallest absolute Gasteiger partial charge is 0.385 e. The Kier molecular flexibility index (Phi) is 8.31. The van der Waals surface area contributed by atoms with Gasteiger partial charge >= 0.3 is 23.5 Å². The van der Waals surface area contributed by atoms with E-state index in [1.165, 1.54) is 0 Å². The van der Waals surface area contributed by atoms with Crippen molar-refractivity contribution in [2.75, 3.05) is 19.8 Å². The molecule has 7 N–H and O–H groups in total. The topological polar surface area (TPSA) is 239 Å².